The lowest BCUT2D eigenvalue weighted by Crippen LogP contribution is -2.59. The predicted octanol–water partition coefficient (Wildman–Crippen LogP) is 3.47. The van der Waals surface area contributed by atoms with Crippen LogP contribution < -0.4 is 0 Å². The van der Waals surface area contributed by atoms with Crippen LogP contribution in [0.5, 0.6) is 0 Å². The third-order valence-corrected chi connectivity index (χ3v) is 3.99. The highest BCUT2D eigenvalue weighted by atomic mass is 19.1. The molecule has 1 fully saturated rings. The summed E-state index contributed by atoms with van der Waals surface area (Å²) in [6.45, 7) is 8.73. The van der Waals surface area contributed by atoms with E-state index >= 15 is 0 Å². The van der Waals surface area contributed by atoms with E-state index in [4.69, 9.17) is 4.74 Å². The normalized spacial score (nSPS) is 22.9. The number of halogens is 1. The van der Waals surface area contributed by atoms with Crippen LogP contribution in [0.15, 0.2) is 30.3 Å². The van der Waals surface area contributed by atoms with E-state index in [2.05, 4.69) is 4.90 Å². The number of ether oxygens (including phenoxy) is 1. The molecule has 1 aliphatic rings. The van der Waals surface area contributed by atoms with Crippen LogP contribution in [0.4, 0.5) is 9.18 Å². The number of hydrogen-bond acceptors (Lipinski definition) is 3. The van der Waals surface area contributed by atoms with Crippen LogP contribution in [0.1, 0.15) is 33.3 Å². The Labute approximate surface area is 138 Å². The van der Waals surface area contributed by atoms with Gasteiger partial charge in [0.25, 0.3) is 0 Å². The maximum Gasteiger partial charge on any atom is 0.410 e. The standard InChI is InChI=1S/C18H27FN2O2/c1-14-11-20(12-15-8-6-5-7-9-15)16(10-19)13-21(14)17(22)23-18(2,3)4/h5-9,14,16H,10-13H2,1-4H3. The lowest BCUT2D eigenvalue weighted by molar-refractivity contribution is -0.0180. The van der Waals surface area contributed by atoms with Crippen molar-refractivity contribution in [1.82, 2.24) is 9.80 Å². The smallest absolute Gasteiger partial charge is 0.410 e. The van der Waals surface area contributed by atoms with Crippen molar-refractivity contribution < 1.29 is 13.9 Å². The number of amides is 1. The molecule has 2 unspecified atom stereocenters. The summed E-state index contributed by atoms with van der Waals surface area (Å²) in [7, 11) is 0. The van der Waals surface area contributed by atoms with Gasteiger partial charge in [0.15, 0.2) is 0 Å². The largest absolute Gasteiger partial charge is 0.444 e. The second-order valence-corrected chi connectivity index (χ2v) is 7.20. The molecule has 5 heteroatoms. The highest BCUT2D eigenvalue weighted by Gasteiger charge is 2.36. The van der Waals surface area contributed by atoms with E-state index < -0.39 is 12.3 Å². The quantitative estimate of drug-likeness (QED) is 0.854. The van der Waals surface area contributed by atoms with E-state index in [0.717, 1.165) is 5.56 Å². The number of alkyl halides is 1. The maximum absolute atomic E-state index is 13.5. The Morgan fingerprint density at radius 2 is 1.91 bits per heavy atom. The van der Waals surface area contributed by atoms with E-state index in [0.29, 0.717) is 19.6 Å². The average molecular weight is 322 g/mol. The Bertz CT molecular complexity index is 516. The summed E-state index contributed by atoms with van der Waals surface area (Å²) in [5.74, 6) is 0. The van der Waals surface area contributed by atoms with Crippen molar-refractivity contribution in [3.63, 3.8) is 0 Å². The van der Waals surface area contributed by atoms with Crippen LogP contribution in [-0.2, 0) is 11.3 Å². The average Bonchev–Trinajstić information content (AvgIpc) is 2.46. The SMILES string of the molecule is CC1CN(Cc2ccccc2)C(CF)CN1C(=O)OC(C)(C)C. The predicted molar refractivity (Wildman–Crippen MR) is 89.0 cm³/mol. The molecule has 0 N–H and O–H groups in total. The molecule has 0 aromatic heterocycles. The molecule has 1 heterocycles. The molecule has 0 spiro atoms. The van der Waals surface area contributed by atoms with Crippen molar-refractivity contribution in [3.05, 3.63) is 35.9 Å². The molecule has 0 radical (unpaired) electrons. The summed E-state index contributed by atoms with van der Waals surface area (Å²) < 4.78 is 19.0. The number of nitrogens with zero attached hydrogens (tertiary/aromatic N) is 2. The van der Waals surface area contributed by atoms with Gasteiger partial charge in [-0.25, -0.2) is 9.18 Å². The molecule has 128 valence electrons. The first kappa shape index (κ1) is 17.7. The van der Waals surface area contributed by atoms with Gasteiger partial charge >= 0.3 is 6.09 Å². The minimum atomic E-state index is -0.539. The summed E-state index contributed by atoms with van der Waals surface area (Å²) in [5.41, 5.74) is 0.618. The van der Waals surface area contributed by atoms with Gasteiger partial charge in [0.2, 0.25) is 0 Å². The second-order valence-electron chi connectivity index (χ2n) is 7.20. The minimum absolute atomic E-state index is 0.00337. The van der Waals surface area contributed by atoms with Gasteiger partial charge in [-0.2, -0.15) is 0 Å². The molecule has 0 bridgehead atoms. The molecule has 1 aliphatic heterocycles. The molecule has 1 saturated heterocycles. The minimum Gasteiger partial charge on any atom is -0.444 e. The number of rotatable bonds is 3. The van der Waals surface area contributed by atoms with Crippen LogP contribution in [0.3, 0.4) is 0 Å². The Morgan fingerprint density at radius 3 is 2.48 bits per heavy atom. The van der Waals surface area contributed by atoms with Crippen LogP contribution >= 0.6 is 0 Å². The maximum atomic E-state index is 13.5. The Morgan fingerprint density at radius 1 is 1.26 bits per heavy atom. The molecule has 1 aromatic carbocycles. The van der Waals surface area contributed by atoms with Crippen molar-refractivity contribution in [2.45, 2.75) is 51.9 Å². The molecule has 4 nitrogen and oxygen atoms in total. The van der Waals surface area contributed by atoms with E-state index in [-0.39, 0.29) is 18.2 Å². The van der Waals surface area contributed by atoms with Gasteiger partial charge in [0.05, 0.1) is 6.04 Å². The molecule has 0 saturated carbocycles. The lowest BCUT2D eigenvalue weighted by atomic mass is 10.1. The zero-order valence-corrected chi connectivity index (χ0v) is 14.5. The number of hydrogen-bond donors (Lipinski definition) is 0. The van der Waals surface area contributed by atoms with Gasteiger partial charge in [-0.15, -0.1) is 0 Å². The van der Waals surface area contributed by atoms with Gasteiger partial charge in [0, 0.05) is 25.7 Å². The highest BCUT2D eigenvalue weighted by molar-refractivity contribution is 5.68. The van der Waals surface area contributed by atoms with Gasteiger partial charge in [0.1, 0.15) is 12.3 Å². The van der Waals surface area contributed by atoms with Crippen LogP contribution in [0, 0.1) is 0 Å². The Balaban J connectivity index is 2.04. The lowest BCUT2D eigenvalue weighted by Gasteiger charge is -2.44. The van der Waals surface area contributed by atoms with Crippen molar-refractivity contribution in [1.29, 1.82) is 0 Å². The fraction of sp³-hybridized carbons (Fsp3) is 0.611. The van der Waals surface area contributed by atoms with Gasteiger partial charge in [-0.1, -0.05) is 30.3 Å². The first-order valence-corrected chi connectivity index (χ1v) is 8.13. The fourth-order valence-corrected chi connectivity index (χ4v) is 2.84. The van der Waals surface area contributed by atoms with E-state index in [1.54, 1.807) is 4.90 Å². The van der Waals surface area contributed by atoms with Gasteiger partial charge < -0.3 is 9.64 Å². The second kappa shape index (κ2) is 7.30. The molecule has 1 aromatic rings. The number of piperazine rings is 1. The number of carbonyl (C=O) groups excluding carboxylic acids is 1. The third-order valence-electron chi connectivity index (χ3n) is 3.99. The molecular formula is C18H27FN2O2. The fourth-order valence-electron chi connectivity index (χ4n) is 2.84. The summed E-state index contributed by atoms with van der Waals surface area (Å²) in [4.78, 5) is 16.1. The summed E-state index contributed by atoms with van der Waals surface area (Å²) >= 11 is 0. The van der Waals surface area contributed by atoms with Crippen molar-refractivity contribution in [3.8, 4) is 0 Å². The van der Waals surface area contributed by atoms with Crippen LogP contribution in [0.25, 0.3) is 0 Å². The molecule has 0 aliphatic carbocycles. The molecular weight excluding hydrogens is 295 g/mol. The third kappa shape index (κ3) is 4.93. The molecule has 2 atom stereocenters. The molecule has 23 heavy (non-hydrogen) atoms. The van der Waals surface area contributed by atoms with E-state index in [9.17, 15) is 9.18 Å². The van der Waals surface area contributed by atoms with E-state index in [1.165, 1.54) is 0 Å². The van der Waals surface area contributed by atoms with Crippen molar-refractivity contribution in [2.75, 3.05) is 19.8 Å². The van der Waals surface area contributed by atoms with Crippen LogP contribution in [0.2, 0.25) is 0 Å². The Hall–Kier alpha value is -1.62. The number of benzene rings is 1. The summed E-state index contributed by atoms with van der Waals surface area (Å²) in [6, 6.07) is 9.73. The first-order chi connectivity index (χ1) is 10.8. The van der Waals surface area contributed by atoms with Crippen molar-refractivity contribution in [2.24, 2.45) is 0 Å². The zero-order chi connectivity index (χ0) is 17.0. The topological polar surface area (TPSA) is 32.8 Å². The summed E-state index contributed by atoms with van der Waals surface area (Å²) in [6.07, 6.45) is -0.359. The zero-order valence-electron chi connectivity index (χ0n) is 14.5. The van der Waals surface area contributed by atoms with Crippen LogP contribution in [-0.4, -0.2) is 53.3 Å². The van der Waals surface area contributed by atoms with Gasteiger partial charge in [-0.05, 0) is 33.3 Å². The highest BCUT2D eigenvalue weighted by Crippen LogP contribution is 2.21. The summed E-state index contributed by atoms with van der Waals surface area (Å²) in [5, 5.41) is 0. The molecule has 1 amide bonds. The molecule has 2 rings (SSSR count). The Kier molecular flexibility index (Phi) is 5.63. The van der Waals surface area contributed by atoms with Gasteiger partial charge in [-0.3, -0.25) is 4.90 Å². The van der Waals surface area contributed by atoms with Crippen molar-refractivity contribution >= 4 is 6.09 Å². The monoisotopic (exact) mass is 322 g/mol. The van der Waals surface area contributed by atoms with E-state index in [1.807, 2.05) is 58.0 Å². The first-order valence-electron chi connectivity index (χ1n) is 8.13. The number of carbonyl (C=O) groups is 1.